The summed E-state index contributed by atoms with van der Waals surface area (Å²) in [4.78, 5) is 0.911. The van der Waals surface area contributed by atoms with Gasteiger partial charge in [-0.05, 0) is 37.6 Å². The molecule has 0 fully saturated rings. The standard InChI is InChI=1S/C10H15NOS/c1-9-4-2-5-10(8-9)13(12)7-3-6-11/h2,4-5,8H,3,6-7,11H2,1H3. The van der Waals surface area contributed by atoms with Crippen LogP contribution in [-0.2, 0) is 10.8 Å². The van der Waals surface area contributed by atoms with Gasteiger partial charge in [0.05, 0.1) is 10.8 Å². The predicted octanol–water partition coefficient (Wildman–Crippen LogP) is 1.45. The highest BCUT2D eigenvalue weighted by atomic mass is 32.2. The van der Waals surface area contributed by atoms with E-state index < -0.39 is 10.8 Å². The molecule has 0 aliphatic carbocycles. The molecule has 1 aromatic rings. The van der Waals surface area contributed by atoms with E-state index in [9.17, 15) is 4.21 Å². The maximum atomic E-state index is 11.6. The molecule has 2 nitrogen and oxygen atoms in total. The van der Waals surface area contributed by atoms with Gasteiger partial charge in [0, 0.05) is 10.6 Å². The first-order valence-corrected chi connectivity index (χ1v) is 5.71. The van der Waals surface area contributed by atoms with Gasteiger partial charge in [0.2, 0.25) is 0 Å². The topological polar surface area (TPSA) is 43.1 Å². The highest BCUT2D eigenvalue weighted by Gasteiger charge is 2.01. The van der Waals surface area contributed by atoms with Crippen molar-refractivity contribution in [3.63, 3.8) is 0 Å². The summed E-state index contributed by atoms with van der Waals surface area (Å²) >= 11 is 0. The molecular weight excluding hydrogens is 182 g/mol. The lowest BCUT2D eigenvalue weighted by Crippen LogP contribution is -2.06. The Morgan fingerprint density at radius 1 is 1.46 bits per heavy atom. The molecule has 0 saturated carbocycles. The molecule has 1 aromatic carbocycles. The number of benzene rings is 1. The Balaban J connectivity index is 2.66. The molecule has 1 unspecified atom stereocenters. The zero-order chi connectivity index (χ0) is 9.68. The first-order chi connectivity index (χ1) is 6.24. The average molecular weight is 197 g/mol. The van der Waals surface area contributed by atoms with E-state index in [2.05, 4.69) is 0 Å². The first kappa shape index (κ1) is 10.4. The van der Waals surface area contributed by atoms with E-state index >= 15 is 0 Å². The van der Waals surface area contributed by atoms with Crippen molar-refractivity contribution in [2.24, 2.45) is 5.73 Å². The molecule has 0 bridgehead atoms. The minimum absolute atomic E-state index is 0.609. The van der Waals surface area contributed by atoms with E-state index in [1.807, 2.05) is 31.2 Å². The van der Waals surface area contributed by atoms with Crippen LogP contribution < -0.4 is 5.73 Å². The van der Waals surface area contributed by atoms with Crippen molar-refractivity contribution in [2.45, 2.75) is 18.2 Å². The highest BCUT2D eigenvalue weighted by Crippen LogP contribution is 2.09. The van der Waals surface area contributed by atoms with Gasteiger partial charge in [0.15, 0.2) is 0 Å². The fraction of sp³-hybridized carbons (Fsp3) is 0.400. The van der Waals surface area contributed by atoms with Gasteiger partial charge in [-0.1, -0.05) is 12.1 Å². The maximum absolute atomic E-state index is 11.6. The second-order valence-electron chi connectivity index (χ2n) is 3.01. The number of rotatable bonds is 4. The Hall–Kier alpha value is -0.670. The van der Waals surface area contributed by atoms with Crippen LogP contribution >= 0.6 is 0 Å². The first-order valence-electron chi connectivity index (χ1n) is 4.39. The largest absolute Gasteiger partial charge is 0.330 e. The second-order valence-corrected chi connectivity index (χ2v) is 4.58. The van der Waals surface area contributed by atoms with Gasteiger partial charge in [-0.2, -0.15) is 0 Å². The summed E-state index contributed by atoms with van der Waals surface area (Å²) in [5, 5.41) is 0. The normalized spacial score (nSPS) is 12.8. The molecule has 3 heteroatoms. The third kappa shape index (κ3) is 3.28. The second kappa shape index (κ2) is 5.14. The van der Waals surface area contributed by atoms with Crippen LogP contribution in [0.3, 0.4) is 0 Å². The zero-order valence-electron chi connectivity index (χ0n) is 7.82. The quantitative estimate of drug-likeness (QED) is 0.794. The van der Waals surface area contributed by atoms with Crippen molar-refractivity contribution in [1.82, 2.24) is 0 Å². The summed E-state index contributed by atoms with van der Waals surface area (Å²) in [6.45, 7) is 2.61. The number of hydrogen-bond donors (Lipinski definition) is 1. The molecule has 13 heavy (non-hydrogen) atoms. The lowest BCUT2D eigenvalue weighted by atomic mass is 10.2. The van der Waals surface area contributed by atoms with Gasteiger partial charge in [0.1, 0.15) is 0 Å². The monoisotopic (exact) mass is 197 g/mol. The van der Waals surface area contributed by atoms with Crippen LogP contribution in [0.15, 0.2) is 29.2 Å². The summed E-state index contributed by atoms with van der Waals surface area (Å²) < 4.78 is 11.6. The lowest BCUT2D eigenvalue weighted by molar-refractivity contribution is 0.680. The molecule has 0 radical (unpaired) electrons. The number of aryl methyl sites for hydroxylation is 1. The maximum Gasteiger partial charge on any atom is 0.0530 e. The highest BCUT2D eigenvalue weighted by molar-refractivity contribution is 7.85. The Morgan fingerprint density at radius 2 is 2.23 bits per heavy atom. The molecule has 1 rings (SSSR count). The lowest BCUT2D eigenvalue weighted by Gasteiger charge is -2.01. The summed E-state index contributed by atoms with van der Waals surface area (Å²) in [5.74, 6) is 0.667. The average Bonchev–Trinajstić information content (AvgIpc) is 2.14. The van der Waals surface area contributed by atoms with Gasteiger partial charge in [-0.25, -0.2) is 0 Å². The molecule has 0 aromatic heterocycles. The molecule has 0 saturated heterocycles. The van der Waals surface area contributed by atoms with Gasteiger partial charge >= 0.3 is 0 Å². The molecule has 0 aliphatic heterocycles. The van der Waals surface area contributed by atoms with Gasteiger partial charge in [0.25, 0.3) is 0 Å². The SMILES string of the molecule is Cc1cccc(S(=O)CCCN)c1. The molecule has 0 aliphatic rings. The van der Waals surface area contributed by atoms with Gasteiger partial charge in [-0.15, -0.1) is 0 Å². The molecular formula is C10H15NOS. The molecule has 0 heterocycles. The van der Waals surface area contributed by atoms with E-state index in [1.54, 1.807) is 0 Å². The molecule has 1 atom stereocenters. The Bertz CT molecular complexity index is 299. The Kier molecular flexibility index (Phi) is 4.12. The number of hydrogen-bond acceptors (Lipinski definition) is 2. The van der Waals surface area contributed by atoms with Gasteiger partial charge in [-0.3, -0.25) is 4.21 Å². The van der Waals surface area contributed by atoms with Crippen LogP contribution in [0, 0.1) is 6.92 Å². The zero-order valence-corrected chi connectivity index (χ0v) is 8.64. The van der Waals surface area contributed by atoms with Gasteiger partial charge < -0.3 is 5.73 Å². The third-order valence-corrected chi connectivity index (χ3v) is 3.23. The van der Waals surface area contributed by atoms with E-state index in [-0.39, 0.29) is 0 Å². The summed E-state index contributed by atoms with van der Waals surface area (Å²) in [6, 6.07) is 7.81. The van der Waals surface area contributed by atoms with Crippen molar-refractivity contribution < 1.29 is 4.21 Å². The van der Waals surface area contributed by atoms with E-state index in [0.717, 1.165) is 16.9 Å². The fourth-order valence-corrected chi connectivity index (χ4v) is 2.30. The van der Waals surface area contributed by atoms with Crippen LogP contribution in [-0.4, -0.2) is 16.5 Å². The van der Waals surface area contributed by atoms with E-state index in [4.69, 9.17) is 5.73 Å². The van der Waals surface area contributed by atoms with Crippen molar-refractivity contribution in [3.05, 3.63) is 29.8 Å². The summed E-state index contributed by atoms with van der Waals surface area (Å²) in [5.41, 5.74) is 6.50. The van der Waals surface area contributed by atoms with Crippen LogP contribution in [0.5, 0.6) is 0 Å². The Labute approximate surface area is 81.6 Å². The van der Waals surface area contributed by atoms with Crippen molar-refractivity contribution >= 4 is 10.8 Å². The molecule has 0 spiro atoms. The fourth-order valence-electron chi connectivity index (χ4n) is 1.09. The third-order valence-electron chi connectivity index (χ3n) is 1.79. The van der Waals surface area contributed by atoms with Crippen LogP contribution in [0.1, 0.15) is 12.0 Å². The van der Waals surface area contributed by atoms with E-state index in [1.165, 1.54) is 0 Å². The van der Waals surface area contributed by atoms with E-state index in [0.29, 0.717) is 12.3 Å². The van der Waals surface area contributed by atoms with Crippen LogP contribution in [0.25, 0.3) is 0 Å². The van der Waals surface area contributed by atoms with Crippen molar-refractivity contribution in [1.29, 1.82) is 0 Å². The minimum atomic E-state index is -0.874. The molecule has 2 N–H and O–H groups in total. The smallest absolute Gasteiger partial charge is 0.0530 e. The van der Waals surface area contributed by atoms with Crippen LogP contribution in [0.2, 0.25) is 0 Å². The molecule has 0 amide bonds. The molecule has 72 valence electrons. The number of nitrogens with two attached hydrogens (primary N) is 1. The Morgan fingerprint density at radius 3 is 2.85 bits per heavy atom. The summed E-state index contributed by atoms with van der Waals surface area (Å²) in [6.07, 6.45) is 0.820. The minimum Gasteiger partial charge on any atom is -0.330 e. The van der Waals surface area contributed by atoms with Crippen molar-refractivity contribution in [2.75, 3.05) is 12.3 Å². The summed E-state index contributed by atoms with van der Waals surface area (Å²) in [7, 11) is -0.874. The predicted molar refractivity (Wildman–Crippen MR) is 56.1 cm³/mol. The van der Waals surface area contributed by atoms with Crippen molar-refractivity contribution in [3.8, 4) is 0 Å². The van der Waals surface area contributed by atoms with Crippen LogP contribution in [0.4, 0.5) is 0 Å².